The second kappa shape index (κ2) is 11.1. The van der Waals surface area contributed by atoms with Gasteiger partial charge in [0, 0.05) is 67.1 Å². The topological polar surface area (TPSA) is 73.4 Å². The number of hydrogen-bond donors (Lipinski definition) is 2. The Labute approximate surface area is 211 Å². The van der Waals surface area contributed by atoms with Crippen LogP contribution in [0.2, 0.25) is 0 Å². The highest BCUT2D eigenvalue weighted by molar-refractivity contribution is 6.04. The van der Waals surface area contributed by atoms with Crippen molar-refractivity contribution < 1.29 is 4.79 Å². The van der Waals surface area contributed by atoms with Crippen molar-refractivity contribution in [3.05, 3.63) is 103 Å². The average Bonchev–Trinajstić information content (AvgIpc) is 2.91. The summed E-state index contributed by atoms with van der Waals surface area (Å²) >= 11 is 0. The van der Waals surface area contributed by atoms with Crippen molar-refractivity contribution >= 4 is 23.0 Å². The third kappa shape index (κ3) is 5.94. The first-order valence-electron chi connectivity index (χ1n) is 12.2. The van der Waals surface area contributed by atoms with Crippen LogP contribution in [-0.4, -0.2) is 58.9 Å². The standard InChI is InChI=1S/C29H30N6O/c1-34-15-17-35(18-16-34)20-22-9-11-23(12-10-22)29(36)33-25-6-4-5-24(19-25)32-28-8-3-2-7-26(28)27-13-14-30-21-31-27/h2-14,19,21,32H,15-18,20H2,1H3,(H,33,36). The van der Waals surface area contributed by atoms with Crippen LogP contribution in [0.25, 0.3) is 11.3 Å². The zero-order chi connectivity index (χ0) is 24.7. The first-order valence-corrected chi connectivity index (χ1v) is 12.2. The zero-order valence-corrected chi connectivity index (χ0v) is 20.4. The summed E-state index contributed by atoms with van der Waals surface area (Å²) < 4.78 is 0. The Morgan fingerprint density at radius 3 is 2.44 bits per heavy atom. The minimum atomic E-state index is -0.125. The molecular weight excluding hydrogens is 448 g/mol. The molecule has 7 nitrogen and oxygen atoms in total. The van der Waals surface area contributed by atoms with Gasteiger partial charge in [-0.2, -0.15) is 0 Å². The average molecular weight is 479 g/mol. The number of nitrogens with one attached hydrogen (secondary N) is 2. The van der Waals surface area contributed by atoms with Crippen LogP contribution in [0.3, 0.4) is 0 Å². The Balaban J connectivity index is 1.23. The summed E-state index contributed by atoms with van der Waals surface area (Å²) in [4.78, 5) is 26.1. The van der Waals surface area contributed by atoms with Crippen molar-refractivity contribution in [1.29, 1.82) is 0 Å². The van der Waals surface area contributed by atoms with Crippen molar-refractivity contribution in [3.8, 4) is 11.3 Å². The van der Waals surface area contributed by atoms with Gasteiger partial charge in [0.1, 0.15) is 6.33 Å². The maximum atomic E-state index is 12.9. The summed E-state index contributed by atoms with van der Waals surface area (Å²) in [6.45, 7) is 5.26. The molecule has 1 amide bonds. The van der Waals surface area contributed by atoms with E-state index < -0.39 is 0 Å². The van der Waals surface area contributed by atoms with Crippen molar-refractivity contribution in [2.75, 3.05) is 43.9 Å². The summed E-state index contributed by atoms with van der Waals surface area (Å²) in [6.07, 6.45) is 3.27. The lowest BCUT2D eigenvalue weighted by molar-refractivity contribution is 0.102. The molecule has 4 aromatic rings. The number of rotatable bonds is 7. The first kappa shape index (κ1) is 23.7. The Morgan fingerprint density at radius 1 is 0.889 bits per heavy atom. The van der Waals surface area contributed by atoms with Crippen LogP contribution in [0, 0.1) is 0 Å². The molecule has 0 radical (unpaired) electrons. The third-order valence-corrected chi connectivity index (χ3v) is 6.40. The van der Waals surface area contributed by atoms with Crippen molar-refractivity contribution in [3.63, 3.8) is 0 Å². The summed E-state index contributed by atoms with van der Waals surface area (Å²) in [5.41, 5.74) is 6.22. The molecule has 1 aliphatic rings. The van der Waals surface area contributed by atoms with Crippen LogP contribution < -0.4 is 10.6 Å². The van der Waals surface area contributed by atoms with Crippen molar-refractivity contribution in [1.82, 2.24) is 19.8 Å². The number of hydrogen-bond acceptors (Lipinski definition) is 6. The summed E-state index contributed by atoms with van der Waals surface area (Å²) in [5, 5.41) is 6.47. The largest absolute Gasteiger partial charge is 0.355 e. The number of aromatic nitrogens is 2. The number of likely N-dealkylation sites (N-methyl/N-ethyl adjacent to an activating group) is 1. The summed E-state index contributed by atoms with van der Waals surface area (Å²) in [5.74, 6) is -0.125. The zero-order valence-electron chi connectivity index (χ0n) is 20.4. The minimum absolute atomic E-state index is 0.125. The Morgan fingerprint density at radius 2 is 1.67 bits per heavy atom. The molecule has 1 aromatic heterocycles. The summed E-state index contributed by atoms with van der Waals surface area (Å²) in [6, 6.07) is 25.5. The summed E-state index contributed by atoms with van der Waals surface area (Å²) in [7, 11) is 2.16. The van der Waals surface area contributed by atoms with Crippen molar-refractivity contribution in [2.45, 2.75) is 6.54 Å². The quantitative estimate of drug-likeness (QED) is 0.394. The van der Waals surface area contributed by atoms with E-state index in [4.69, 9.17) is 0 Å². The van der Waals surface area contributed by atoms with E-state index in [0.717, 1.165) is 61.0 Å². The van der Waals surface area contributed by atoms with Gasteiger partial charge in [-0.15, -0.1) is 0 Å². The van der Waals surface area contributed by atoms with Gasteiger partial charge in [0.05, 0.1) is 5.69 Å². The van der Waals surface area contributed by atoms with Crippen molar-refractivity contribution in [2.24, 2.45) is 0 Å². The normalized spacial score (nSPS) is 14.4. The molecule has 0 aliphatic carbocycles. The van der Waals surface area contributed by atoms with E-state index in [1.165, 1.54) is 5.56 Å². The number of anilines is 3. The van der Waals surface area contributed by atoms with Gasteiger partial charge < -0.3 is 15.5 Å². The highest BCUT2D eigenvalue weighted by Crippen LogP contribution is 2.29. The van der Waals surface area contributed by atoms with Gasteiger partial charge in [-0.25, -0.2) is 9.97 Å². The monoisotopic (exact) mass is 478 g/mol. The molecule has 0 bridgehead atoms. The van der Waals surface area contributed by atoms with Gasteiger partial charge in [-0.05, 0) is 55.1 Å². The number of para-hydroxylation sites is 1. The molecule has 0 unspecified atom stereocenters. The number of nitrogens with zero attached hydrogens (tertiary/aromatic N) is 4. The fourth-order valence-corrected chi connectivity index (χ4v) is 4.32. The SMILES string of the molecule is CN1CCN(Cc2ccc(C(=O)Nc3cccc(Nc4ccccc4-c4ccncn4)c3)cc2)CC1. The lowest BCUT2D eigenvalue weighted by Gasteiger charge is -2.32. The maximum absolute atomic E-state index is 12.9. The molecule has 1 saturated heterocycles. The van der Waals surface area contributed by atoms with E-state index >= 15 is 0 Å². The van der Waals surface area contributed by atoms with Crippen LogP contribution in [0.4, 0.5) is 17.1 Å². The number of piperazine rings is 1. The third-order valence-electron chi connectivity index (χ3n) is 6.40. The highest BCUT2D eigenvalue weighted by atomic mass is 16.1. The molecule has 0 spiro atoms. The maximum Gasteiger partial charge on any atom is 0.255 e. The van der Waals surface area contributed by atoms with Crippen LogP contribution in [0.5, 0.6) is 0 Å². The molecule has 5 rings (SSSR count). The Kier molecular flexibility index (Phi) is 7.30. The number of benzene rings is 3. The molecular formula is C29H30N6O. The fraction of sp³-hybridized carbons (Fsp3) is 0.207. The van der Waals surface area contributed by atoms with E-state index in [0.29, 0.717) is 5.56 Å². The second-order valence-corrected chi connectivity index (χ2v) is 9.08. The van der Waals surface area contributed by atoms with Gasteiger partial charge in [0.2, 0.25) is 0 Å². The van der Waals surface area contributed by atoms with E-state index in [-0.39, 0.29) is 5.91 Å². The second-order valence-electron chi connectivity index (χ2n) is 9.08. The van der Waals surface area contributed by atoms with Gasteiger partial charge in [0.25, 0.3) is 5.91 Å². The lowest BCUT2D eigenvalue weighted by atomic mass is 10.1. The predicted octanol–water partition coefficient (Wildman–Crippen LogP) is 4.89. The van der Waals surface area contributed by atoms with Gasteiger partial charge in [0.15, 0.2) is 0 Å². The van der Waals surface area contributed by atoms with Crippen LogP contribution in [-0.2, 0) is 6.54 Å². The molecule has 2 N–H and O–H groups in total. The van der Waals surface area contributed by atoms with Crippen LogP contribution in [0.15, 0.2) is 91.4 Å². The highest BCUT2D eigenvalue weighted by Gasteiger charge is 2.14. The van der Waals surface area contributed by atoms with E-state index in [2.05, 4.69) is 49.6 Å². The molecule has 36 heavy (non-hydrogen) atoms. The molecule has 0 saturated carbocycles. The predicted molar refractivity (Wildman–Crippen MR) is 144 cm³/mol. The smallest absolute Gasteiger partial charge is 0.255 e. The molecule has 3 aromatic carbocycles. The number of amides is 1. The van der Waals surface area contributed by atoms with E-state index in [1.807, 2.05) is 66.7 Å². The molecule has 0 atom stereocenters. The molecule has 7 heteroatoms. The number of carbonyl (C=O) groups is 1. The molecule has 2 heterocycles. The molecule has 1 fully saturated rings. The Bertz CT molecular complexity index is 1300. The molecule has 1 aliphatic heterocycles. The van der Waals surface area contributed by atoms with Gasteiger partial charge >= 0.3 is 0 Å². The van der Waals surface area contributed by atoms with Crippen LogP contribution >= 0.6 is 0 Å². The lowest BCUT2D eigenvalue weighted by Crippen LogP contribution is -2.43. The van der Waals surface area contributed by atoms with E-state index in [9.17, 15) is 4.79 Å². The Hall–Kier alpha value is -4.07. The van der Waals surface area contributed by atoms with Gasteiger partial charge in [-0.1, -0.05) is 36.4 Å². The van der Waals surface area contributed by atoms with Gasteiger partial charge in [-0.3, -0.25) is 9.69 Å². The van der Waals surface area contributed by atoms with E-state index in [1.54, 1.807) is 12.5 Å². The fourth-order valence-electron chi connectivity index (χ4n) is 4.32. The first-order chi connectivity index (χ1) is 17.6. The number of carbonyl (C=O) groups excluding carboxylic acids is 1. The minimum Gasteiger partial charge on any atom is -0.355 e. The molecule has 182 valence electrons. The van der Waals surface area contributed by atoms with Crippen LogP contribution in [0.1, 0.15) is 15.9 Å².